The largest absolute Gasteiger partial charge is 0.478 e. The molecule has 44 heavy (non-hydrogen) atoms. The molecule has 2 aromatic rings. The standard InChI is InChI=1S/2C15H19N3O4/c2*1-8(2)15(3)14(21)17-12(18-15)11-10(13(19)20)5-9(6-16-11)7-22-4/h2*5-6,8H,7H2,1-4H3,(H,19,20)(H,17,18,21)/t2*15-/m11/s1. The van der Waals surface area contributed by atoms with Crippen LogP contribution in [0.15, 0.2) is 34.5 Å². The number of nitrogens with one attached hydrogen (secondary N) is 2. The van der Waals surface area contributed by atoms with Gasteiger partial charge in [0.2, 0.25) is 0 Å². The molecule has 236 valence electrons. The number of carbonyl (C=O) groups excluding carboxylic acids is 2. The molecular formula is C30H38N6O8. The van der Waals surface area contributed by atoms with Crippen molar-refractivity contribution in [2.24, 2.45) is 21.8 Å². The Kier molecular flexibility index (Phi) is 10.3. The topological polar surface area (TPSA) is 202 Å². The van der Waals surface area contributed by atoms with E-state index in [-0.39, 0.29) is 71.0 Å². The fraction of sp³-hybridized carbons (Fsp3) is 0.467. The molecule has 0 bridgehead atoms. The molecule has 2 aliphatic heterocycles. The molecule has 0 spiro atoms. The molecule has 2 atom stereocenters. The lowest BCUT2D eigenvalue weighted by atomic mass is 9.89. The van der Waals surface area contributed by atoms with E-state index in [0.717, 1.165) is 0 Å². The van der Waals surface area contributed by atoms with Crippen LogP contribution in [0.5, 0.6) is 0 Å². The lowest BCUT2D eigenvalue weighted by Crippen LogP contribution is -2.41. The first-order chi connectivity index (χ1) is 20.6. The highest BCUT2D eigenvalue weighted by atomic mass is 16.5. The monoisotopic (exact) mass is 610 g/mol. The van der Waals surface area contributed by atoms with Crippen LogP contribution in [-0.2, 0) is 32.3 Å². The number of aromatic nitrogens is 2. The zero-order valence-corrected chi connectivity index (χ0v) is 26.0. The van der Waals surface area contributed by atoms with Gasteiger partial charge < -0.3 is 30.3 Å². The Morgan fingerprint density at radius 3 is 1.34 bits per heavy atom. The van der Waals surface area contributed by atoms with Gasteiger partial charge in [0.25, 0.3) is 11.8 Å². The van der Waals surface area contributed by atoms with E-state index in [9.17, 15) is 29.4 Å². The molecule has 0 saturated heterocycles. The third-order valence-corrected chi connectivity index (χ3v) is 7.74. The highest BCUT2D eigenvalue weighted by molar-refractivity contribution is 6.18. The number of rotatable bonds is 10. The zero-order chi connectivity index (χ0) is 33.0. The van der Waals surface area contributed by atoms with Gasteiger partial charge in [0.15, 0.2) is 11.7 Å². The molecular weight excluding hydrogens is 572 g/mol. The number of amides is 2. The van der Waals surface area contributed by atoms with Crippen molar-refractivity contribution >= 4 is 35.4 Å². The predicted octanol–water partition coefficient (Wildman–Crippen LogP) is 2.43. The highest BCUT2D eigenvalue weighted by Gasteiger charge is 2.44. The van der Waals surface area contributed by atoms with Crippen molar-refractivity contribution in [3.8, 4) is 0 Å². The van der Waals surface area contributed by atoms with E-state index in [2.05, 4.69) is 30.6 Å². The minimum absolute atomic E-state index is 0.0124. The summed E-state index contributed by atoms with van der Waals surface area (Å²) in [5.41, 5.74) is -0.269. The van der Waals surface area contributed by atoms with Crippen molar-refractivity contribution in [1.29, 1.82) is 0 Å². The van der Waals surface area contributed by atoms with Gasteiger partial charge in [0.1, 0.15) is 22.5 Å². The molecule has 14 heteroatoms. The summed E-state index contributed by atoms with van der Waals surface area (Å²) in [6.07, 6.45) is 3.04. The molecule has 4 N–H and O–H groups in total. The van der Waals surface area contributed by atoms with Gasteiger partial charge in [0, 0.05) is 26.6 Å². The number of hydrogen-bond acceptors (Lipinski definition) is 10. The number of carbonyl (C=O) groups is 4. The van der Waals surface area contributed by atoms with E-state index in [1.54, 1.807) is 13.8 Å². The molecule has 0 fully saturated rings. The third-order valence-electron chi connectivity index (χ3n) is 7.74. The first-order valence-electron chi connectivity index (χ1n) is 13.8. The van der Waals surface area contributed by atoms with Gasteiger partial charge in [-0.3, -0.25) is 19.6 Å². The Morgan fingerprint density at radius 1 is 0.750 bits per heavy atom. The van der Waals surface area contributed by atoms with Crippen LogP contribution in [0.1, 0.15) is 84.8 Å². The Morgan fingerprint density at radius 2 is 1.09 bits per heavy atom. The minimum Gasteiger partial charge on any atom is -0.478 e. The van der Waals surface area contributed by atoms with Gasteiger partial charge >= 0.3 is 11.9 Å². The van der Waals surface area contributed by atoms with E-state index in [1.165, 1.54) is 38.7 Å². The Hall–Kier alpha value is -4.56. The fourth-order valence-electron chi connectivity index (χ4n) is 4.31. The van der Waals surface area contributed by atoms with Gasteiger partial charge in [-0.1, -0.05) is 27.7 Å². The average molecular weight is 611 g/mol. The van der Waals surface area contributed by atoms with Crippen LogP contribution in [0.2, 0.25) is 0 Å². The molecule has 0 aliphatic carbocycles. The number of methoxy groups -OCH3 is 2. The van der Waals surface area contributed by atoms with Crippen LogP contribution in [0.25, 0.3) is 0 Å². The van der Waals surface area contributed by atoms with Crippen LogP contribution in [0, 0.1) is 11.8 Å². The lowest BCUT2D eigenvalue weighted by molar-refractivity contribution is -0.125. The number of hydrogen-bond donors (Lipinski definition) is 4. The molecule has 4 rings (SSSR count). The van der Waals surface area contributed by atoms with Crippen molar-refractivity contribution in [1.82, 2.24) is 20.6 Å². The fourth-order valence-corrected chi connectivity index (χ4v) is 4.31. The molecule has 0 saturated carbocycles. The van der Waals surface area contributed by atoms with Gasteiger partial charge in [0.05, 0.1) is 24.3 Å². The number of pyridine rings is 2. The number of carboxylic acids is 2. The van der Waals surface area contributed by atoms with Crippen molar-refractivity contribution in [2.45, 2.75) is 65.8 Å². The summed E-state index contributed by atoms with van der Waals surface area (Å²) in [6.45, 7) is 11.5. The average Bonchev–Trinajstić information content (AvgIpc) is 3.45. The maximum absolute atomic E-state index is 12.2. The number of aromatic carboxylic acids is 2. The number of ether oxygens (including phenoxy) is 2. The maximum Gasteiger partial charge on any atom is 0.338 e. The van der Waals surface area contributed by atoms with Crippen molar-refractivity contribution in [3.63, 3.8) is 0 Å². The van der Waals surface area contributed by atoms with Crippen molar-refractivity contribution in [3.05, 3.63) is 58.2 Å². The number of nitrogens with zero attached hydrogens (tertiary/aromatic N) is 4. The van der Waals surface area contributed by atoms with Crippen molar-refractivity contribution < 1.29 is 38.9 Å². The van der Waals surface area contributed by atoms with Gasteiger partial charge in [-0.05, 0) is 48.9 Å². The smallest absolute Gasteiger partial charge is 0.338 e. The van der Waals surface area contributed by atoms with Crippen LogP contribution < -0.4 is 10.6 Å². The summed E-state index contributed by atoms with van der Waals surface area (Å²) < 4.78 is 9.95. The van der Waals surface area contributed by atoms with Crippen LogP contribution >= 0.6 is 0 Å². The third kappa shape index (κ3) is 6.81. The second-order valence-corrected chi connectivity index (χ2v) is 11.4. The second-order valence-electron chi connectivity index (χ2n) is 11.4. The van der Waals surface area contributed by atoms with Gasteiger partial charge in [-0.15, -0.1) is 0 Å². The molecule has 2 aliphatic rings. The number of aliphatic imine (C=N–C) groups is 2. The summed E-state index contributed by atoms with van der Waals surface area (Å²) in [5, 5.41) is 24.0. The summed E-state index contributed by atoms with van der Waals surface area (Å²) in [6, 6.07) is 2.96. The number of amidine groups is 2. The molecule has 0 radical (unpaired) electrons. The van der Waals surface area contributed by atoms with Crippen LogP contribution in [0.4, 0.5) is 0 Å². The molecule has 2 amide bonds. The summed E-state index contributed by atoms with van der Waals surface area (Å²) >= 11 is 0. The Balaban J connectivity index is 0.000000240. The van der Waals surface area contributed by atoms with Crippen LogP contribution in [0.3, 0.4) is 0 Å². The second kappa shape index (κ2) is 13.4. The molecule has 2 aromatic heterocycles. The number of carboxylic acid groups (broad SMARTS) is 2. The van der Waals surface area contributed by atoms with Gasteiger partial charge in [-0.2, -0.15) is 0 Å². The zero-order valence-electron chi connectivity index (χ0n) is 26.0. The summed E-state index contributed by atoms with van der Waals surface area (Å²) in [7, 11) is 3.04. The Labute approximate surface area is 255 Å². The molecule has 0 unspecified atom stereocenters. The quantitative estimate of drug-likeness (QED) is 0.309. The predicted molar refractivity (Wildman–Crippen MR) is 160 cm³/mol. The summed E-state index contributed by atoms with van der Waals surface area (Å²) in [4.78, 5) is 64.3. The van der Waals surface area contributed by atoms with Gasteiger partial charge in [-0.25, -0.2) is 19.6 Å². The molecule has 4 heterocycles. The van der Waals surface area contributed by atoms with Crippen LogP contribution in [-0.4, -0.2) is 80.9 Å². The maximum atomic E-state index is 12.2. The summed E-state index contributed by atoms with van der Waals surface area (Å²) in [5.74, 6) is -2.42. The molecule has 0 aromatic carbocycles. The van der Waals surface area contributed by atoms with E-state index >= 15 is 0 Å². The van der Waals surface area contributed by atoms with E-state index < -0.39 is 23.0 Å². The van der Waals surface area contributed by atoms with E-state index in [0.29, 0.717) is 11.1 Å². The van der Waals surface area contributed by atoms with E-state index in [4.69, 9.17) is 9.47 Å². The van der Waals surface area contributed by atoms with E-state index in [1.807, 2.05) is 27.7 Å². The lowest BCUT2D eigenvalue weighted by Gasteiger charge is -2.21. The first-order valence-corrected chi connectivity index (χ1v) is 13.8. The minimum atomic E-state index is -1.13. The SMILES string of the molecule is COCc1cnc(C2=N[C@](C)(C(C)C)C(=O)N2)c(C(=O)O)c1.COCc1cnc(C2=N[C@](C)(C(C)C)C(=O)N2)c(C(=O)O)c1. The van der Waals surface area contributed by atoms with Crippen molar-refractivity contribution in [2.75, 3.05) is 14.2 Å². The normalized spacial score (nSPS) is 21.0. The molecule has 14 nitrogen and oxygen atoms in total. The Bertz CT molecular complexity index is 1420. The first kappa shape index (κ1) is 33.9. The highest BCUT2D eigenvalue weighted by Crippen LogP contribution is 2.28.